The number of benzene rings is 4. The number of halogens is 5. The van der Waals surface area contributed by atoms with Crippen LogP contribution in [0.3, 0.4) is 0 Å². The minimum absolute atomic E-state index is 0.0105. The fraction of sp³-hybridized carbons (Fsp3) is 0.257. The zero-order valence-electron chi connectivity index (χ0n) is 26.1. The quantitative estimate of drug-likeness (QED) is 0.0934. The first-order chi connectivity index (χ1) is 23.2. The van der Waals surface area contributed by atoms with Crippen LogP contribution in [0, 0.1) is 30.2 Å². The van der Waals surface area contributed by atoms with E-state index in [0.29, 0.717) is 15.8 Å². The summed E-state index contributed by atoms with van der Waals surface area (Å²) in [6.45, 7) is -1.13. The number of carbonyl (C=O) groups excluding carboxylic acids is 1. The number of nitrogens with zero attached hydrogens (tertiary/aromatic N) is 2. The molecule has 0 spiro atoms. The van der Waals surface area contributed by atoms with Gasteiger partial charge in [-0.1, -0.05) is 60.8 Å². The topological polar surface area (TPSA) is 115 Å². The maximum Gasteiger partial charge on any atom is 0.339 e. The van der Waals surface area contributed by atoms with E-state index in [1.165, 1.54) is 30.3 Å². The minimum Gasteiger partial charge on any atom is -0.507 e. The maximum atomic E-state index is 15.3. The highest BCUT2D eigenvalue weighted by atomic mass is 35.5. The van der Waals surface area contributed by atoms with Gasteiger partial charge >= 0.3 is 5.97 Å². The highest BCUT2D eigenvalue weighted by Gasteiger charge is 2.37. The summed E-state index contributed by atoms with van der Waals surface area (Å²) in [6.07, 6.45) is 4.13. The lowest BCUT2D eigenvalue weighted by Crippen LogP contribution is -2.43. The van der Waals surface area contributed by atoms with Crippen LogP contribution in [0.4, 0.5) is 23.2 Å². The Morgan fingerprint density at radius 3 is 2.16 bits per heavy atom. The average Bonchev–Trinajstić information content (AvgIpc) is 3.61. The number of rotatable bonds is 11. The number of carbonyl (C=O) groups is 2. The van der Waals surface area contributed by atoms with Gasteiger partial charge in [-0.05, 0) is 66.6 Å². The molecule has 8 nitrogen and oxygen atoms in total. The number of aromatic hydroxyl groups is 1. The van der Waals surface area contributed by atoms with Crippen molar-refractivity contribution in [2.75, 3.05) is 11.4 Å². The predicted octanol–water partition coefficient (Wildman–Crippen LogP) is 7.69. The molecule has 49 heavy (non-hydrogen) atoms. The first-order valence-electron chi connectivity index (χ1n) is 15.2. The average molecular weight is 719 g/mol. The summed E-state index contributed by atoms with van der Waals surface area (Å²) in [4.78, 5) is 25.1. The maximum absolute atomic E-state index is 15.3. The molecular formula is C35H31ClF4N2O6S. The van der Waals surface area contributed by atoms with Crippen molar-refractivity contribution in [2.24, 2.45) is 0 Å². The molecule has 258 valence electrons. The van der Waals surface area contributed by atoms with Gasteiger partial charge in [-0.15, -0.1) is 0 Å². The molecule has 14 heteroatoms. The SMILES string of the molecule is Cc1c(F)c(F)c(F)c(S(=O)(=O)N(CC(=O)N(Cc2cccc(C3CCCC3)c2)c2ccc(C(=O)O)c(O)c2)Cc2ccc(Cl)cc2)c1F. The number of carboxylic acids is 1. The standard InChI is InChI=1S/C35H31ClF4N2O6S/c1-20-30(37)32(39)33(40)34(31(20)38)49(47,48)41(17-21-9-11-25(36)12-10-21)19-29(44)42(26-13-14-27(35(45)46)28(43)16-26)18-22-5-4-8-24(15-22)23-6-2-3-7-23/h4-5,8-16,23,43H,2-3,6-7,17-19H2,1H3,(H,45,46). The van der Waals surface area contributed by atoms with Crippen molar-refractivity contribution in [1.82, 2.24) is 4.31 Å². The molecule has 0 atom stereocenters. The molecule has 5 rings (SSSR count). The molecule has 1 aliphatic rings. The zero-order valence-corrected chi connectivity index (χ0v) is 27.7. The molecule has 1 saturated carbocycles. The Labute approximate surface area is 285 Å². The van der Waals surface area contributed by atoms with Gasteiger partial charge in [-0.2, -0.15) is 4.31 Å². The number of aromatic carboxylic acids is 1. The molecule has 0 saturated heterocycles. The van der Waals surface area contributed by atoms with Crippen molar-refractivity contribution >= 4 is 39.2 Å². The molecule has 0 aliphatic heterocycles. The van der Waals surface area contributed by atoms with Crippen molar-refractivity contribution in [3.05, 3.63) is 123 Å². The van der Waals surface area contributed by atoms with Crippen LogP contribution in [0.5, 0.6) is 5.75 Å². The number of sulfonamides is 1. The van der Waals surface area contributed by atoms with Gasteiger partial charge in [0.15, 0.2) is 28.2 Å². The Hall–Kier alpha value is -4.46. The van der Waals surface area contributed by atoms with Crippen molar-refractivity contribution in [1.29, 1.82) is 0 Å². The van der Waals surface area contributed by atoms with Crippen LogP contribution in [0.1, 0.15) is 64.2 Å². The smallest absolute Gasteiger partial charge is 0.339 e. The zero-order chi connectivity index (χ0) is 35.6. The fourth-order valence-corrected chi connectivity index (χ4v) is 7.59. The second-order valence-corrected chi connectivity index (χ2v) is 14.1. The van der Waals surface area contributed by atoms with Crippen LogP contribution < -0.4 is 4.90 Å². The van der Waals surface area contributed by atoms with Gasteiger partial charge in [-0.3, -0.25) is 4.79 Å². The van der Waals surface area contributed by atoms with E-state index in [1.54, 1.807) is 6.07 Å². The lowest BCUT2D eigenvalue weighted by atomic mass is 9.96. The van der Waals surface area contributed by atoms with Crippen molar-refractivity contribution in [3.8, 4) is 5.75 Å². The number of hydrogen-bond acceptors (Lipinski definition) is 5. The number of anilines is 1. The highest BCUT2D eigenvalue weighted by molar-refractivity contribution is 7.89. The third kappa shape index (κ3) is 7.58. The Morgan fingerprint density at radius 2 is 1.53 bits per heavy atom. The van der Waals surface area contributed by atoms with Crippen molar-refractivity contribution < 1.29 is 45.8 Å². The minimum atomic E-state index is -5.39. The van der Waals surface area contributed by atoms with E-state index in [4.69, 9.17) is 11.6 Å². The van der Waals surface area contributed by atoms with Gasteiger partial charge in [-0.25, -0.2) is 30.8 Å². The summed E-state index contributed by atoms with van der Waals surface area (Å²) in [5.41, 5.74) is 0.362. The van der Waals surface area contributed by atoms with Gasteiger partial charge in [0, 0.05) is 28.9 Å². The van der Waals surface area contributed by atoms with Gasteiger partial charge in [0.25, 0.3) is 0 Å². The van der Waals surface area contributed by atoms with E-state index < -0.39 is 80.0 Å². The van der Waals surface area contributed by atoms with E-state index >= 15 is 8.78 Å². The number of amides is 1. The first-order valence-corrected chi connectivity index (χ1v) is 17.0. The largest absolute Gasteiger partial charge is 0.507 e. The molecule has 1 fully saturated rings. The lowest BCUT2D eigenvalue weighted by molar-refractivity contribution is -0.119. The molecule has 0 bridgehead atoms. The van der Waals surface area contributed by atoms with Crippen LogP contribution in [-0.2, 0) is 27.9 Å². The third-order valence-corrected chi connectivity index (χ3v) is 10.6. The molecule has 4 aromatic carbocycles. The Morgan fingerprint density at radius 1 is 0.857 bits per heavy atom. The van der Waals surface area contributed by atoms with Gasteiger partial charge in [0.2, 0.25) is 15.9 Å². The first kappa shape index (κ1) is 35.8. The molecule has 0 radical (unpaired) electrons. The third-order valence-electron chi connectivity index (χ3n) is 8.57. The van der Waals surface area contributed by atoms with E-state index in [9.17, 15) is 37.0 Å². The van der Waals surface area contributed by atoms with E-state index in [1.807, 2.05) is 18.2 Å². The fourth-order valence-electron chi connectivity index (χ4n) is 5.91. The van der Waals surface area contributed by atoms with Crippen LogP contribution in [0.2, 0.25) is 5.02 Å². The monoisotopic (exact) mass is 718 g/mol. The van der Waals surface area contributed by atoms with E-state index in [0.717, 1.165) is 55.2 Å². The summed E-state index contributed by atoms with van der Waals surface area (Å²) >= 11 is 5.97. The summed E-state index contributed by atoms with van der Waals surface area (Å²) in [5, 5.41) is 20.2. The molecule has 2 N–H and O–H groups in total. The molecule has 0 unspecified atom stereocenters. The summed E-state index contributed by atoms with van der Waals surface area (Å²) < 4.78 is 87.3. The second kappa shape index (κ2) is 14.6. The molecule has 0 heterocycles. The van der Waals surface area contributed by atoms with Crippen molar-refractivity contribution in [3.63, 3.8) is 0 Å². The number of phenols is 1. The molecular weight excluding hydrogens is 688 g/mol. The van der Waals surface area contributed by atoms with Gasteiger partial charge < -0.3 is 15.1 Å². The molecule has 1 aliphatic carbocycles. The number of hydrogen-bond donors (Lipinski definition) is 2. The molecule has 1 amide bonds. The summed E-state index contributed by atoms with van der Waals surface area (Å²) in [5.74, 6) is -11.0. The Balaban J connectivity index is 1.59. The highest BCUT2D eigenvalue weighted by Crippen LogP contribution is 2.35. The van der Waals surface area contributed by atoms with Gasteiger partial charge in [0.1, 0.15) is 11.3 Å². The molecule has 4 aromatic rings. The van der Waals surface area contributed by atoms with Crippen LogP contribution >= 0.6 is 11.6 Å². The normalized spacial score (nSPS) is 13.6. The van der Waals surface area contributed by atoms with Crippen LogP contribution in [0.15, 0.2) is 71.6 Å². The lowest BCUT2D eigenvalue weighted by Gasteiger charge is -2.28. The summed E-state index contributed by atoms with van der Waals surface area (Å²) in [6, 6.07) is 16.4. The second-order valence-electron chi connectivity index (χ2n) is 11.8. The Bertz CT molecular complexity index is 1990. The Kier molecular flexibility index (Phi) is 10.7. The molecule has 0 aromatic heterocycles. The van der Waals surface area contributed by atoms with Crippen LogP contribution in [0.25, 0.3) is 0 Å². The van der Waals surface area contributed by atoms with Crippen molar-refractivity contribution in [2.45, 2.75) is 56.5 Å². The predicted molar refractivity (Wildman–Crippen MR) is 174 cm³/mol. The summed E-state index contributed by atoms with van der Waals surface area (Å²) in [7, 11) is -5.39. The van der Waals surface area contributed by atoms with Crippen LogP contribution in [-0.4, -0.2) is 41.4 Å². The van der Waals surface area contributed by atoms with Gasteiger partial charge in [0.05, 0.1) is 13.1 Å². The number of carboxylic acid groups (broad SMARTS) is 1. The van der Waals surface area contributed by atoms with E-state index in [-0.39, 0.29) is 22.8 Å². The van der Waals surface area contributed by atoms with E-state index in [2.05, 4.69) is 0 Å².